The zero-order valence-electron chi connectivity index (χ0n) is 12.8. The van der Waals surface area contributed by atoms with E-state index in [-0.39, 0.29) is 18.2 Å². The Morgan fingerprint density at radius 2 is 1.91 bits per heavy atom. The standard InChI is InChI=1S/C14H16BFN2O3S/c1-13(2)14(3,4)21-15(20-13)9-5-6-11-10(7-9)17-12(8-19)18(11)22-16/h5-8H,1-4H3. The van der Waals surface area contributed by atoms with E-state index < -0.39 is 18.3 Å². The number of aldehydes is 1. The molecule has 5 nitrogen and oxygen atoms in total. The molecular formula is C14H16BFN2O3S. The van der Waals surface area contributed by atoms with Crippen LogP contribution in [-0.4, -0.2) is 33.6 Å². The van der Waals surface area contributed by atoms with Crippen molar-refractivity contribution >= 4 is 42.2 Å². The Morgan fingerprint density at radius 3 is 2.45 bits per heavy atom. The molecule has 1 saturated heterocycles. The van der Waals surface area contributed by atoms with Gasteiger partial charge in [0, 0.05) is 0 Å². The summed E-state index contributed by atoms with van der Waals surface area (Å²) in [5, 5.41) is 0. The Morgan fingerprint density at radius 1 is 1.27 bits per heavy atom. The van der Waals surface area contributed by atoms with Crippen LogP contribution in [0.15, 0.2) is 18.2 Å². The van der Waals surface area contributed by atoms with Crippen molar-refractivity contribution in [2.75, 3.05) is 0 Å². The minimum atomic E-state index is -0.516. The summed E-state index contributed by atoms with van der Waals surface area (Å²) in [5.74, 6) is 0.0357. The van der Waals surface area contributed by atoms with Crippen LogP contribution in [0.3, 0.4) is 0 Å². The van der Waals surface area contributed by atoms with Crippen molar-refractivity contribution in [2.45, 2.75) is 38.9 Å². The van der Waals surface area contributed by atoms with Crippen molar-refractivity contribution in [3.05, 3.63) is 24.0 Å². The predicted molar refractivity (Wildman–Crippen MR) is 84.9 cm³/mol. The summed E-state index contributed by atoms with van der Waals surface area (Å²) >= 11 is -0.0458. The highest BCUT2D eigenvalue weighted by Gasteiger charge is 2.51. The van der Waals surface area contributed by atoms with E-state index in [0.29, 0.717) is 17.3 Å². The highest BCUT2D eigenvalue weighted by atomic mass is 32.2. The number of halogens is 1. The summed E-state index contributed by atoms with van der Waals surface area (Å²) in [4.78, 5) is 15.1. The van der Waals surface area contributed by atoms with E-state index in [4.69, 9.17) is 9.31 Å². The van der Waals surface area contributed by atoms with Gasteiger partial charge in [0.2, 0.25) is 0 Å². The molecule has 8 heteroatoms. The fraction of sp³-hybridized carbons (Fsp3) is 0.429. The SMILES string of the molecule is CC1(C)OB(c2ccc3c(c2)nc(C=O)n3SF)OC1(C)C. The van der Waals surface area contributed by atoms with Crippen LogP contribution in [0.1, 0.15) is 38.3 Å². The molecule has 22 heavy (non-hydrogen) atoms. The van der Waals surface area contributed by atoms with Gasteiger partial charge in [-0.15, -0.1) is 3.89 Å². The Balaban J connectivity index is 2.02. The molecule has 1 fully saturated rings. The average molecular weight is 322 g/mol. The molecule has 0 unspecified atom stereocenters. The first kappa shape index (κ1) is 15.5. The van der Waals surface area contributed by atoms with E-state index in [2.05, 4.69) is 4.98 Å². The van der Waals surface area contributed by atoms with Gasteiger partial charge in [0.15, 0.2) is 24.4 Å². The fourth-order valence-electron chi connectivity index (χ4n) is 2.37. The lowest BCUT2D eigenvalue weighted by Crippen LogP contribution is -2.41. The lowest BCUT2D eigenvalue weighted by atomic mass is 9.79. The molecule has 116 valence electrons. The van der Waals surface area contributed by atoms with Crippen LogP contribution >= 0.6 is 12.3 Å². The Labute approximate surface area is 132 Å². The number of hydrogen-bond donors (Lipinski definition) is 0. The number of fused-ring (bicyclic) bond motifs is 1. The van der Waals surface area contributed by atoms with Crippen molar-refractivity contribution in [3.8, 4) is 0 Å². The molecule has 2 aromatic rings. The maximum Gasteiger partial charge on any atom is 0.494 e. The third kappa shape index (κ3) is 2.26. The zero-order valence-corrected chi connectivity index (χ0v) is 13.6. The summed E-state index contributed by atoms with van der Waals surface area (Å²) < 4.78 is 26.1. The van der Waals surface area contributed by atoms with Gasteiger partial charge in [0.25, 0.3) is 0 Å². The molecule has 2 heterocycles. The van der Waals surface area contributed by atoms with Crippen molar-refractivity contribution in [1.29, 1.82) is 0 Å². The monoisotopic (exact) mass is 322 g/mol. The molecule has 1 aliphatic rings. The zero-order chi connectivity index (χ0) is 16.1. The van der Waals surface area contributed by atoms with Gasteiger partial charge < -0.3 is 9.31 Å². The third-order valence-electron chi connectivity index (χ3n) is 4.36. The molecule has 0 radical (unpaired) electrons. The second kappa shape index (κ2) is 5.08. The van der Waals surface area contributed by atoms with Crippen LogP contribution in [0.2, 0.25) is 0 Å². The number of imidazole rings is 1. The lowest BCUT2D eigenvalue weighted by Gasteiger charge is -2.32. The number of benzene rings is 1. The second-order valence-electron chi connectivity index (χ2n) is 6.29. The lowest BCUT2D eigenvalue weighted by molar-refractivity contribution is 0.00578. The highest BCUT2D eigenvalue weighted by Crippen LogP contribution is 2.36. The second-order valence-corrected chi connectivity index (χ2v) is 6.79. The smallest absolute Gasteiger partial charge is 0.399 e. The predicted octanol–water partition coefficient (Wildman–Crippen LogP) is 2.53. The van der Waals surface area contributed by atoms with Gasteiger partial charge in [-0.25, -0.2) is 8.96 Å². The van der Waals surface area contributed by atoms with E-state index >= 15 is 0 Å². The summed E-state index contributed by atoms with van der Waals surface area (Å²) in [6.07, 6.45) is 0.529. The molecule has 3 rings (SSSR count). The van der Waals surface area contributed by atoms with Crippen molar-refractivity contribution in [1.82, 2.24) is 8.96 Å². The van der Waals surface area contributed by atoms with Gasteiger partial charge in [0.1, 0.15) is 0 Å². The van der Waals surface area contributed by atoms with Gasteiger partial charge in [-0.2, -0.15) is 0 Å². The molecule has 0 amide bonds. The van der Waals surface area contributed by atoms with Crippen molar-refractivity contribution in [2.24, 2.45) is 0 Å². The van der Waals surface area contributed by atoms with E-state index in [9.17, 15) is 8.68 Å². The Kier molecular flexibility index (Phi) is 3.58. The molecular weight excluding hydrogens is 306 g/mol. The minimum absolute atomic E-state index is 0.0357. The quantitative estimate of drug-likeness (QED) is 0.642. The van der Waals surface area contributed by atoms with Gasteiger partial charge in [-0.05, 0) is 45.3 Å². The maximum absolute atomic E-state index is 13.0. The molecule has 0 saturated carbocycles. The Bertz CT molecular complexity index is 731. The molecule has 0 atom stereocenters. The average Bonchev–Trinajstić information content (AvgIpc) is 2.92. The van der Waals surface area contributed by atoms with Gasteiger partial charge >= 0.3 is 7.12 Å². The molecule has 1 aliphatic heterocycles. The molecule has 0 bridgehead atoms. The molecule has 0 N–H and O–H groups in total. The normalized spacial score (nSPS) is 19.8. The summed E-state index contributed by atoms with van der Waals surface area (Å²) in [5.41, 5.74) is 0.982. The van der Waals surface area contributed by atoms with Gasteiger partial charge in [0.05, 0.1) is 22.2 Å². The molecule has 0 spiro atoms. The summed E-state index contributed by atoms with van der Waals surface area (Å²) in [6, 6.07) is 5.27. The fourth-order valence-corrected chi connectivity index (χ4v) is 2.75. The minimum Gasteiger partial charge on any atom is -0.399 e. The van der Waals surface area contributed by atoms with Crippen LogP contribution in [-0.2, 0) is 9.31 Å². The number of hydrogen-bond acceptors (Lipinski definition) is 5. The van der Waals surface area contributed by atoms with Crippen LogP contribution in [0.5, 0.6) is 0 Å². The van der Waals surface area contributed by atoms with Crippen LogP contribution in [0, 0.1) is 0 Å². The summed E-state index contributed by atoms with van der Waals surface area (Å²) in [6.45, 7) is 7.91. The van der Waals surface area contributed by atoms with Crippen LogP contribution in [0.4, 0.5) is 3.89 Å². The molecule has 1 aromatic carbocycles. The molecule has 1 aromatic heterocycles. The van der Waals surface area contributed by atoms with E-state index in [1.165, 1.54) is 0 Å². The number of nitrogens with zero attached hydrogens (tertiary/aromatic N) is 2. The van der Waals surface area contributed by atoms with Gasteiger partial charge in [-0.3, -0.25) is 4.79 Å². The number of aromatic nitrogens is 2. The number of rotatable bonds is 3. The van der Waals surface area contributed by atoms with E-state index in [0.717, 1.165) is 9.44 Å². The van der Waals surface area contributed by atoms with E-state index in [1.54, 1.807) is 18.2 Å². The van der Waals surface area contributed by atoms with Crippen LogP contribution < -0.4 is 5.46 Å². The highest BCUT2D eigenvalue weighted by molar-refractivity contribution is 7.93. The van der Waals surface area contributed by atoms with Crippen molar-refractivity contribution in [3.63, 3.8) is 0 Å². The molecule has 0 aliphatic carbocycles. The Hall–Kier alpha value is -1.38. The number of carbonyl (C=O) groups is 1. The largest absolute Gasteiger partial charge is 0.494 e. The van der Waals surface area contributed by atoms with Crippen LogP contribution in [0.25, 0.3) is 11.0 Å². The first-order chi connectivity index (χ1) is 10.3. The summed E-state index contributed by atoms with van der Waals surface area (Å²) in [7, 11) is -0.516. The first-order valence-electron chi connectivity index (χ1n) is 6.91. The van der Waals surface area contributed by atoms with Gasteiger partial charge in [-0.1, -0.05) is 6.07 Å². The maximum atomic E-state index is 13.0. The van der Waals surface area contributed by atoms with Crippen molar-refractivity contribution < 1.29 is 18.0 Å². The third-order valence-corrected chi connectivity index (χ3v) is 4.88. The van der Waals surface area contributed by atoms with E-state index in [1.807, 2.05) is 27.7 Å². The number of carbonyl (C=O) groups excluding carboxylic acids is 1. The topological polar surface area (TPSA) is 53.3 Å². The first-order valence-corrected chi connectivity index (χ1v) is 7.59.